The van der Waals surface area contributed by atoms with Crippen LogP contribution in [0.25, 0.3) is 0 Å². The molecule has 1 aliphatic heterocycles. The number of ether oxygens (including phenoxy) is 1. The molecule has 1 heterocycles. The molecule has 2 aromatic rings. The van der Waals surface area contributed by atoms with Crippen LogP contribution in [0.3, 0.4) is 0 Å². The first-order valence-corrected chi connectivity index (χ1v) is 9.93. The van der Waals surface area contributed by atoms with Crippen molar-refractivity contribution in [2.24, 2.45) is 0 Å². The molecular formula is C18H22NO2P. The van der Waals surface area contributed by atoms with Gasteiger partial charge in [0.25, 0.3) is 0 Å². The van der Waals surface area contributed by atoms with Crippen LogP contribution in [0.1, 0.15) is 25.3 Å². The van der Waals surface area contributed by atoms with Crippen molar-refractivity contribution in [3.05, 3.63) is 54.1 Å². The number of anilines is 1. The number of unbranched alkanes of at least 4 members (excludes halogenated alkanes) is 1. The Morgan fingerprint density at radius 3 is 2.73 bits per heavy atom. The highest BCUT2D eigenvalue weighted by molar-refractivity contribution is 7.72. The van der Waals surface area contributed by atoms with Crippen molar-refractivity contribution < 1.29 is 9.30 Å². The van der Waals surface area contributed by atoms with E-state index in [1.165, 1.54) is 5.56 Å². The molecule has 0 spiro atoms. The maximum Gasteiger partial charge on any atom is 0.156 e. The van der Waals surface area contributed by atoms with E-state index < -0.39 is 7.14 Å². The largest absolute Gasteiger partial charge is 0.485 e. The van der Waals surface area contributed by atoms with Gasteiger partial charge in [0.2, 0.25) is 0 Å². The molecule has 1 N–H and O–H groups in total. The molecule has 0 unspecified atom stereocenters. The van der Waals surface area contributed by atoms with E-state index in [4.69, 9.17) is 4.74 Å². The van der Waals surface area contributed by atoms with E-state index >= 15 is 0 Å². The van der Waals surface area contributed by atoms with Crippen molar-refractivity contribution in [1.29, 1.82) is 0 Å². The van der Waals surface area contributed by atoms with E-state index in [0.29, 0.717) is 6.35 Å². The highest BCUT2D eigenvalue weighted by Gasteiger charge is 2.36. The number of rotatable bonds is 6. The maximum atomic E-state index is 13.3. The third-order valence-corrected chi connectivity index (χ3v) is 6.89. The second-order valence-electron chi connectivity index (χ2n) is 5.73. The topological polar surface area (TPSA) is 38.3 Å². The maximum absolute atomic E-state index is 13.3. The summed E-state index contributed by atoms with van der Waals surface area (Å²) >= 11 is 0. The molecule has 0 bridgehead atoms. The molecule has 0 fully saturated rings. The smallest absolute Gasteiger partial charge is 0.156 e. The van der Waals surface area contributed by atoms with Gasteiger partial charge in [-0.05, 0) is 24.1 Å². The Labute approximate surface area is 132 Å². The minimum atomic E-state index is -2.42. The molecule has 1 aliphatic rings. The van der Waals surface area contributed by atoms with Crippen LogP contribution in [-0.2, 0) is 11.1 Å². The number of hydrogen-bond donors (Lipinski definition) is 1. The molecule has 1 atom stereocenters. The third kappa shape index (κ3) is 3.05. The lowest BCUT2D eigenvalue weighted by atomic mass is 10.2. The quantitative estimate of drug-likeness (QED) is 0.801. The molecule has 116 valence electrons. The highest BCUT2D eigenvalue weighted by Crippen LogP contribution is 2.54. The Hall–Kier alpha value is -1.73. The Morgan fingerprint density at radius 1 is 1.14 bits per heavy atom. The van der Waals surface area contributed by atoms with Crippen molar-refractivity contribution in [2.45, 2.75) is 26.3 Å². The third-order valence-electron chi connectivity index (χ3n) is 4.03. The minimum absolute atomic E-state index is 0.354. The summed E-state index contributed by atoms with van der Waals surface area (Å²) in [5.41, 5.74) is 2.17. The van der Waals surface area contributed by atoms with Gasteiger partial charge in [0.1, 0.15) is 12.1 Å². The predicted molar refractivity (Wildman–Crippen MR) is 92.7 cm³/mol. The lowest BCUT2D eigenvalue weighted by Gasteiger charge is -2.15. The summed E-state index contributed by atoms with van der Waals surface area (Å²) in [6, 6.07) is 16.1. The molecule has 3 rings (SSSR count). The molecule has 0 amide bonds. The zero-order valence-corrected chi connectivity index (χ0v) is 13.8. The van der Waals surface area contributed by atoms with Crippen LogP contribution in [0.4, 0.5) is 5.69 Å². The predicted octanol–water partition coefficient (Wildman–Crippen LogP) is 4.44. The number of fused-ring (bicyclic) bond motifs is 1. The van der Waals surface area contributed by atoms with Gasteiger partial charge in [0.05, 0.1) is 5.30 Å². The first-order chi connectivity index (χ1) is 10.7. The number of nitrogens with one attached hydrogen (secondary N) is 1. The lowest BCUT2D eigenvalue weighted by Crippen LogP contribution is -2.12. The van der Waals surface area contributed by atoms with E-state index in [2.05, 4.69) is 24.4 Å². The average molecular weight is 315 g/mol. The molecule has 3 nitrogen and oxygen atoms in total. The summed E-state index contributed by atoms with van der Waals surface area (Å²) in [6.07, 6.45) is 3.12. The van der Waals surface area contributed by atoms with Gasteiger partial charge in [-0.1, -0.05) is 49.7 Å². The summed E-state index contributed by atoms with van der Waals surface area (Å²) in [5.74, 6) is 0.789. The van der Waals surface area contributed by atoms with Gasteiger partial charge in [-0.15, -0.1) is 0 Å². The van der Waals surface area contributed by atoms with Gasteiger partial charge in [0, 0.05) is 18.4 Å². The SMILES string of the molecule is CCCC[P@@]1(=O)COc2cccc(NCc3ccccc3)c21. The van der Waals surface area contributed by atoms with Crippen LogP contribution >= 0.6 is 7.14 Å². The molecule has 0 radical (unpaired) electrons. The molecule has 0 aliphatic carbocycles. The second-order valence-corrected chi connectivity index (χ2v) is 8.66. The minimum Gasteiger partial charge on any atom is -0.485 e. The van der Waals surface area contributed by atoms with Gasteiger partial charge < -0.3 is 14.6 Å². The van der Waals surface area contributed by atoms with Gasteiger partial charge in [-0.3, -0.25) is 0 Å². The Bertz CT molecular complexity index is 685. The molecule has 0 aromatic heterocycles. The molecule has 4 heteroatoms. The lowest BCUT2D eigenvalue weighted by molar-refractivity contribution is 0.393. The fourth-order valence-electron chi connectivity index (χ4n) is 2.82. The van der Waals surface area contributed by atoms with Crippen LogP contribution in [0, 0.1) is 0 Å². The number of hydrogen-bond acceptors (Lipinski definition) is 3. The van der Waals surface area contributed by atoms with Gasteiger partial charge >= 0.3 is 0 Å². The fourth-order valence-corrected chi connectivity index (χ4v) is 5.61. The van der Waals surface area contributed by atoms with Crippen molar-refractivity contribution >= 4 is 18.1 Å². The van der Waals surface area contributed by atoms with E-state index in [0.717, 1.165) is 42.3 Å². The fraction of sp³-hybridized carbons (Fsp3) is 0.333. The van der Waals surface area contributed by atoms with Crippen LogP contribution in [0.5, 0.6) is 5.75 Å². The first-order valence-electron chi connectivity index (χ1n) is 7.85. The first kappa shape index (κ1) is 15.2. The van der Waals surface area contributed by atoms with Crippen LogP contribution in [-0.4, -0.2) is 12.5 Å². The van der Waals surface area contributed by atoms with Crippen LogP contribution in [0.15, 0.2) is 48.5 Å². The zero-order chi connectivity index (χ0) is 15.4. The van der Waals surface area contributed by atoms with Crippen molar-refractivity contribution in [1.82, 2.24) is 0 Å². The molecule has 22 heavy (non-hydrogen) atoms. The molecular weight excluding hydrogens is 293 g/mol. The average Bonchev–Trinajstić information content (AvgIpc) is 2.90. The molecule has 0 saturated heterocycles. The zero-order valence-electron chi connectivity index (χ0n) is 12.9. The summed E-state index contributed by atoms with van der Waals surface area (Å²) in [7, 11) is -2.42. The normalized spacial score (nSPS) is 19.5. The Morgan fingerprint density at radius 2 is 1.95 bits per heavy atom. The van der Waals surface area contributed by atoms with E-state index in [9.17, 15) is 4.57 Å². The van der Waals surface area contributed by atoms with Crippen molar-refractivity contribution in [2.75, 3.05) is 17.8 Å². The monoisotopic (exact) mass is 315 g/mol. The van der Waals surface area contributed by atoms with Gasteiger partial charge in [0.15, 0.2) is 7.14 Å². The summed E-state index contributed by atoms with van der Waals surface area (Å²) in [6.45, 7) is 2.86. The summed E-state index contributed by atoms with van der Waals surface area (Å²) < 4.78 is 19.0. The molecule has 0 saturated carbocycles. The Balaban J connectivity index is 1.84. The standard InChI is InChI=1S/C18H22NO2P/c1-2-3-12-22(20)14-21-17-11-7-10-16(18(17)22)19-13-15-8-5-4-6-9-15/h4-11,19H,2-3,12-14H2,1H3/t22-/m1/s1. The molecule has 2 aromatic carbocycles. The van der Waals surface area contributed by atoms with Gasteiger partial charge in [-0.25, -0.2) is 0 Å². The van der Waals surface area contributed by atoms with Crippen LogP contribution < -0.4 is 15.4 Å². The highest BCUT2D eigenvalue weighted by atomic mass is 31.2. The van der Waals surface area contributed by atoms with E-state index in [1.807, 2.05) is 36.4 Å². The second kappa shape index (κ2) is 6.58. The Kier molecular flexibility index (Phi) is 4.54. The summed E-state index contributed by atoms with van der Waals surface area (Å²) in [4.78, 5) is 0. The van der Waals surface area contributed by atoms with Gasteiger partial charge in [-0.2, -0.15) is 0 Å². The van der Waals surface area contributed by atoms with Crippen molar-refractivity contribution in [3.63, 3.8) is 0 Å². The summed E-state index contributed by atoms with van der Waals surface area (Å²) in [5, 5.41) is 4.36. The number of benzene rings is 2. The van der Waals surface area contributed by atoms with Crippen molar-refractivity contribution in [3.8, 4) is 5.75 Å². The van der Waals surface area contributed by atoms with E-state index in [-0.39, 0.29) is 0 Å². The van der Waals surface area contributed by atoms with Crippen LogP contribution in [0.2, 0.25) is 0 Å². The van der Waals surface area contributed by atoms with E-state index in [1.54, 1.807) is 0 Å².